The monoisotopic (exact) mass is 537 g/mol. The third-order valence-corrected chi connectivity index (χ3v) is 7.45. The fourth-order valence-corrected chi connectivity index (χ4v) is 5.56. The van der Waals surface area contributed by atoms with Gasteiger partial charge >= 0.3 is 5.97 Å². The van der Waals surface area contributed by atoms with Crippen LogP contribution < -0.4 is 9.64 Å². The van der Waals surface area contributed by atoms with Crippen LogP contribution in [0.2, 0.25) is 0 Å². The van der Waals surface area contributed by atoms with Crippen molar-refractivity contribution in [3.63, 3.8) is 0 Å². The first kappa shape index (κ1) is 25.5. The Kier molecular flexibility index (Phi) is 6.90. The Balaban J connectivity index is 1.37. The van der Waals surface area contributed by atoms with E-state index in [1.807, 2.05) is 11.5 Å². The average molecular weight is 538 g/mol. The molecule has 1 fully saturated rings. The van der Waals surface area contributed by atoms with Crippen LogP contribution in [0.4, 0.5) is 5.69 Å². The van der Waals surface area contributed by atoms with Crippen LogP contribution >= 0.6 is 0 Å². The van der Waals surface area contributed by atoms with Crippen LogP contribution in [0.5, 0.6) is 6.01 Å². The van der Waals surface area contributed by atoms with E-state index in [1.54, 1.807) is 18.2 Å². The largest absolute Gasteiger partial charge is 0.478 e. The summed E-state index contributed by atoms with van der Waals surface area (Å²) < 4.78 is 7.62. The van der Waals surface area contributed by atoms with Gasteiger partial charge in [0.1, 0.15) is 0 Å². The van der Waals surface area contributed by atoms with Crippen molar-refractivity contribution in [2.45, 2.75) is 33.2 Å². The first-order chi connectivity index (χ1) is 19.5. The van der Waals surface area contributed by atoms with Crippen LogP contribution in [-0.2, 0) is 6.54 Å². The molecule has 0 amide bonds. The third kappa shape index (κ3) is 4.88. The van der Waals surface area contributed by atoms with Gasteiger partial charge in [-0.3, -0.25) is 4.57 Å². The van der Waals surface area contributed by atoms with E-state index >= 15 is 0 Å². The molecule has 10 nitrogen and oxygen atoms in total. The Morgan fingerprint density at radius 2 is 1.98 bits per heavy atom. The fourth-order valence-electron chi connectivity index (χ4n) is 5.56. The number of aromatic nitrogens is 6. The Hall–Kier alpha value is -4.73. The summed E-state index contributed by atoms with van der Waals surface area (Å²) >= 11 is 0. The normalized spacial score (nSPS) is 15.4. The number of piperidine rings is 1. The molecule has 0 aliphatic carbocycles. The number of benzene rings is 3. The molecule has 6 rings (SSSR count). The number of carbonyl (C=O) groups is 1. The van der Waals surface area contributed by atoms with Gasteiger partial charge in [-0.05, 0) is 77.9 Å². The summed E-state index contributed by atoms with van der Waals surface area (Å²) in [5, 5.41) is 24.6. The maximum atomic E-state index is 12.0. The van der Waals surface area contributed by atoms with Crippen molar-refractivity contribution < 1.29 is 14.6 Å². The van der Waals surface area contributed by atoms with Gasteiger partial charge in [-0.15, -0.1) is 10.2 Å². The highest BCUT2D eigenvalue weighted by Gasteiger charge is 2.21. The van der Waals surface area contributed by atoms with Crippen LogP contribution in [-0.4, -0.2) is 60.9 Å². The predicted octanol–water partition coefficient (Wildman–Crippen LogP) is 5.26. The van der Waals surface area contributed by atoms with Gasteiger partial charge in [0.2, 0.25) is 5.82 Å². The first-order valence-corrected chi connectivity index (χ1v) is 13.6. The van der Waals surface area contributed by atoms with Gasteiger partial charge < -0.3 is 14.7 Å². The Labute approximate surface area is 231 Å². The number of aromatic carboxylic acids is 1. The molecule has 3 aromatic carbocycles. The number of rotatable bonds is 8. The molecule has 3 heterocycles. The SMILES string of the molecule is CCOc1nc2cccc(C(=O)O)c2n1Cc1ccc(-c2cc(N3CCC[C@@H](C)C3)ccc2-c2nn[nH]n2)cc1. The number of carboxylic acids is 1. The summed E-state index contributed by atoms with van der Waals surface area (Å²) in [5.74, 6) is 0.211. The molecule has 1 saturated heterocycles. The van der Waals surface area contributed by atoms with Gasteiger partial charge in [-0.25, -0.2) is 4.79 Å². The van der Waals surface area contributed by atoms with Crippen LogP contribution in [0.25, 0.3) is 33.5 Å². The zero-order valence-electron chi connectivity index (χ0n) is 22.5. The zero-order chi connectivity index (χ0) is 27.6. The van der Waals surface area contributed by atoms with E-state index in [2.05, 4.69) is 79.9 Å². The second kappa shape index (κ2) is 10.8. The van der Waals surface area contributed by atoms with Crippen molar-refractivity contribution in [3.05, 3.63) is 71.8 Å². The number of ether oxygens (including phenoxy) is 1. The van der Waals surface area contributed by atoms with E-state index in [0.717, 1.165) is 35.3 Å². The van der Waals surface area contributed by atoms with Crippen molar-refractivity contribution in [2.24, 2.45) is 5.92 Å². The van der Waals surface area contributed by atoms with Crippen molar-refractivity contribution in [1.82, 2.24) is 30.2 Å². The summed E-state index contributed by atoms with van der Waals surface area (Å²) in [6, 6.07) is 20.2. The van der Waals surface area contributed by atoms with Crippen molar-refractivity contribution in [3.8, 4) is 28.5 Å². The van der Waals surface area contributed by atoms with E-state index in [4.69, 9.17) is 4.74 Å². The summed E-state index contributed by atoms with van der Waals surface area (Å²) in [6.45, 7) is 7.12. The maximum absolute atomic E-state index is 12.0. The zero-order valence-corrected chi connectivity index (χ0v) is 22.5. The lowest BCUT2D eigenvalue weighted by atomic mass is 9.95. The molecule has 0 bridgehead atoms. The number of carboxylic acid groups (broad SMARTS) is 1. The van der Waals surface area contributed by atoms with Crippen LogP contribution in [0.3, 0.4) is 0 Å². The molecule has 0 unspecified atom stereocenters. The van der Waals surface area contributed by atoms with E-state index in [9.17, 15) is 9.90 Å². The Morgan fingerprint density at radius 1 is 1.12 bits per heavy atom. The van der Waals surface area contributed by atoms with E-state index in [1.165, 1.54) is 18.5 Å². The molecular weight excluding hydrogens is 506 g/mol. The maximum Gasteiger partial charge on any atom is 0.337 e. The predicted molar refractivity (Wildman–Crippen MR) is 153 cm³/mol. The smallest absolute Gasteiger partial charge is 0.337 e. The lowest BCUT2D eigenvalue weighted by Crippen LogP contribution is -2.34. The second-order valence-corrected chi connectivity index (χ2v) is 10.2. The molecule has 0 spiro atoms. The van der Waals surface area contributed by atoms with Gasteiger partial charge in [-0.1, -0.05) is 37.3 Å². The summed E-state index contributed by atoms with van der Waals surface area (Å²) in [5.41, 5.74) is 6.47. The molecule has 0 saturated carbocycles. The number of hydrogen-bond donors (Lipinski definition) is 2. The van der Waals surface area contributed by atoms with Gasteiger partial charge in [0.15, 0.2) is 0 Å². The molecule has 1 atom stereocenters. The minimum Gasteiger partial charge on any atom is -0.478 e. The molecule has 2 N–H and O–H groups in total. The van der Waals surface area contributed by atoms with E-state index < -0.39 is 5.97 Å². The van der Waals surface area contributed by atoms with Gasteiger partial charge in [0, 0.05) is 24.3 Å². The molecule has 0 radical (unpaired) electrons. The average Bonchev–Trinajstić information content (AvgIpc) is 3.62. The highest BCUT2D eigenvalue weighted by atomic mass is 16.5. The number of fused-ring (bicyclic) bond motifs is 1. The number of hydrogen-bond acceptors (Lipinski definition) is 7. The number of nitrogens with one attached hydrogen (secondary N) is 1. The molecule has 204 valence electrons. The van der Waals surface area contributed by atoms with Gasteiger partial charge in [0.25, 0.3) is 6.01 Å². The molecule has 1 aliphatic rings. The third-order valence-electron chi connectivity index (χ3n) is 7.45. The number of imidazole rings is 1. The molecule has 1 aliphatic heterocycles. The number of nitrogens with zero attached hydrogens (tertiary/aromatic N) is 6. The van der Waals surface area contributed by atoms with Crippen LogP contribution in [0.1, 0.15) is 42.6 Å². The minimum absolute atomic E-state index is 0.196. The Bertz CT molecular complexity index is 1640. The number of aromatic amines is 1. The highest BCUT2D eigenvalue weighted by Crippen LogP contribution is 2.35. The molecular formula is C30H31N7O3. The topological polar surface area (TPSA) is 122 Å². The number of para-hydroxylation sites is 1. The summed E-state index contributed by atoms with van der Waals surface area (Å²) in [4.78, 5) is 19.0. The fraction of sp³-hybridized carbons (Fsp3) is 0.300. The molecule has 40 heavy (non-hydrogen) atoms. The first-order valence-electron chi connectivity index (χ1n) is 13.6. The number of anilines is 1. The Morgan fingerprint density at radius 3 is 2.70 bits per heavy atom. The molecule has 10 heteroatoms. The lowest BCUT2D eigenvalue weighted by Gasteiger charge is -2.33. The summed E-state index contributed by atoms with van der Waals surface area (Å²) in [7, 11) is 0. The highest BCUT2D eigenvalue weighted by molar-refractivity contribution is 6.01. The lowest BCUT2D eigenvalue weighted by molar-refractivity contribution is 0.0698. The van der Waals surface area contributed by atoms with Crippen molar-refractivity contribution >= 4 is 22.7 Å². The van der Waals surface area contributed by atoms with Crippen molar-refractivity contribution in [1.29, 1.82) is 0 Å². The minimum atomic E-state index is -0.998. The van der Waals surface area contributed by atoms with Crippen LogP contribution in [0, 0.1) is 5.92 Å². The van der Waals surface area contributed by atoms with Crippen LogP contribution in [0.15, 0.2) is 60.7 Å². The second-order valence-electron chi connectivity index (χ2n) is 10.2. The standard InChI is InChI=1S/C30H31N7O3/c1-3-40-30-31-26-8-4-7-24(29(38)39)27(26)37(30)18-20-9-11-21(12-10-20)25-16-22(36-15-5-6-19(2)17-36)13-14-23(25)28-32-34-35-33-28/h4,7-14,16,19H,3,5-6,15,17-18H2,1-2H3,(H,38,39)(H,32,33,34,35)/t19-/m1/s1. The quantitative estimate of drug-likeness (QED) is 0.275. The van der Waals surface area contributed by atoms with Crippen molar-refractivity contribution in [2.75, 3.05) is 24.6 Å². The van der Waals surface area contributed by atoms with Gasteiger partial charge in [0.05, 0.1) is 29.7 Å². The summed E-state index contributed by atoms with van der Waals surface area (Å²) in [6.07, 6.45) is 2.45. The van der Waals surface area contributed by atoms with E-state index in [-0.39, 0.29) is 5.56 Å². The number of tetrazole rings is 1. The van der Waals surface area contributed by atoms with E-state index in [0.29, 0.717) is 41.9 Å². The number of H-pyrrole nitrogens is 1. The van der Waals surface area contributed by atoms with Gasteiger partial charge in [-0.2, -0.15) is 10.2 Å². The molecule has 2 aromatic heterocycles. The molecule has 5 aromatic rings.